The van der Waals surface area contributed by atoms with Crippen molar-refractivity contribution >= 4 is 90.8 Å². The molecule has 0 saturated carbocycles. The maximum Gasteiger partial charge on any atom is 0.323 e. The minimum atomic E-state index is -0.708. The van der Waals surface area contributed by atoms with E-state index >= 15 is 0 Å². The minimum Gasteiger partial charge on any atom is -0.510 e. The van der Waals surface area contributed by atoms with Crippen LogP contribution in [0.25, 0.3) is 22.1 Å². The molecule has 6 aromatic carbocycles. The molecule has 0 radical (unpaired) electrons. The monoisotopic (exact) mass is 1190 g/mol. The van der Waals surface area contributed by atoms with Crippen LogP contribution >= 0.6 is 11.6 Å². The summed E-state index contributed by atoms with van der Waals surface area (Å²) in [5, 5.41) is 62.4. The molecule has 0 aliphatic rings. The zero-order valence-corrected chi connectivity index (χ0v) is 49.5. The lowest BCUT2D eigenvalue weighted by Gasteiger charge is -2.25. The predicted molar refractivity (Wildman–Crippen MR) is 336 cm³/mol. The number of nitriles is 2. The first kappa shape index (κ1) is 65.4. The number of nitrogens with zero attached hydrogens (tertiary/aromatic N) is 6. The number of fused-ring (bicyclic) bond motifs is 2. The Morgan fingerprint density at radius 3 is 1.38 bits per heavy atom. The number of allylic oxidation sites excluding steroid dienone is 2. The van der Waals surface area contributed by atoms with Crippen molar-refractivity contribution in [3.05, 3.63) is 201 Å². The normalized spacial score (nSPS) is 13.8. The summed E-state index contributed by atoms with van der Waals surface area (Å²) in [6.45, 7) is 10.6. The number of H-pyrrole nitrogens is 4. The number of aromatic nitrogens is 4. The molecule has 0 bridgehead atoms. The van der Waals surface area contributed by atoms with Crippen LogP contribution in [0.15, 0.2) is 199 Å². The van der Waals surface area contributed by atoms with E-state index in [1.165, 1.54) is 19.4 Å². The van der Waals surface area contributed by atoms with E-state index in [-0.39, 0.29) is 64.2 Å². The first-order valence-electron chi connectivity index (χ1n) is 27.5. The van der Waals surface area contributed by atoms with Gasteiger partial charge in [0.2, 0.25) is 11.1 Å². The van der Waals surface area contributed by atoms with Crippen LogP contribution in [0.2, 0.25) is 0 Å². The van der Waals surface area contributed by atoms with Gasteiger partial charge in [-0.15, -0.1) is 10.2 Å². The molecular formula is C64H67ClN14O8. The molecule has 0 fully saturated rings. The Bertz CT molecular complexity index is 4070. The molecule has 2 heterocycles. The number of imidazole rings is 2. The van der Waals surface area contributed by atoms with Crippen molar-refractivity contribution in [3.63, 3.8) is 0 Å². The summed E-state index contributed by atoms with van der Waals surface area (Å²) in [7, 11) is 0. The second-order valence-electron chi connectivity index (χ2n) is 21.3. The molecular weight excluding hydrogens is 1130 g/mol. The molecule has 0 aliphatic heterocycles. The zero-order valence-electron chi connectivity index (χ0n) is 48.7. The zero-order chi connectivity index (χ0) is 63.3. The number of nitrogen functional groups attached to an aromatic ring is 1. The van der Waals surface area contributed by atoms with Gasteiger partial charge in [-0.05, 0) is 161 Å². The smallest absolute Gasteiger partial charge is 0.323 e. The van der Waals surface area contributed by atoms with Gasteiger partial charge in [-0.1, -0.05) is 86.6 Å². The Morgan fingerprint density at radius 2 is 0.966 bits per heavy atom. The van der Waals surface area contributed by atoms with Gasteiger partial charge in [0.25, 0.3) is 11.8 Å². The van der Waals surface area contributed by atoms with E-state index in [1.807, 2.05) is 62.4 Å². The van der Waals surface area contributed by atoms with Crippen LogP contribution in [0.5, 0.6) is 0 Å². The maximum atomic E-state index is 12.9. The van der Waals surface area contributed by atoms with E-state index in [0.29, 0.717) is 81.4 Å². The van der Waals surface area contributed by atoms with Crippen molar-refractivity contribution < 1.29 is 29.4 Å². The van der Waals surface area contributed by atoms with Crippen LogP contribution in [0, 0.1) is 33.5 Å². The molecule has 8 rings (SSSR count). The number of aromatic amines is 4. The molecule has 0 aliphatic carbocycles. The number of nitrogens with two attached hydrogens (primary N) is 1. The second-order valence-corrected chi connectivity index (χ2v) is 21.7. The quantitative estimate of drug-likeness (QED) is 0.0106. The van der Waals surface area contributed by atoms with Gasteiger partial charge < -0.3 is 51.8 Å². The summed E-state index contributed by atoms with van der Waals surface area (Å²) < 4.78 is 0. The largest absolute Gasteiger partial charge is 0.510 e. The lowest BCUT2D eigenvalue weighted by Crippen LogP contribution is -2.21. The van der Waals surface area contributed by atoms with Crippen LogP contribution in [-0.2, 0) is 19.2 Å². The van der Waals surface area contributed by atoms with Crippen LogP contribution < -0.4 is 33.1 Å². The van der Waals surface area contributed by atoms with Crippen LogP contribution in [0.3, 0.4) is 0 Å². The van der Waals surface area contributed by atoms with Crippen molar-refractivity contribution in [1.29, 1.82) is 10.5 Å². The molecule has 22 nitrogen and oxygen atoms in total. The van der Waals surface area contributed by atoms with Gasteiger partial charge in [-0.3, -0.25) is 19.2 Å². The van der Waals surface area contributed by atoms with Crippen molar-refractivity contribution in [2.24, 2.45) is 31.3 Å². The maximum absolute atomic E-state index is 12.9. The molecule has 0 saturated heterocycles. The van der Waals surface area contributed by atoms with E-state index in [1.54, 1.807) is 84.9 Å². The summed E-state index contributed by atoms with van der Waals surface area (Å²) in [6.07, 6.45) is 2.68. The first-order chi connectivity index (χ1) is 41.4. The van der Waals surface area contributed by atoms with E-state index in [2.05, 4.69) is 94.5 Å². The Kier molecular flexibility index (Phi) is 23.1. The summed E-state index contributed by atoms with van der Waals surface area (Å²) in [4.78, 5) is 82.0. The van der Waals surface area contributed by atoms with Gasteiger partial charge in [0, 0.05) is 35.6 Å². The molecule has 0 spiro atoms. The summed E-state index contributed by atoms with van der Waals surface area (Å²) >= 11 is 5.35. The van der Waals surface area contributed by atoms with Crippen molar-refractivity contribution in [1.82, 2.24) is 19.9 Å². The fourth-order valence-corrected chi connectivity index (χ4v) is 9.26. The van der Waals surface area contributed by atoms with Crippen LogP contribution in [0.4, 0.5) is 34.1 Å². The number of halogens is 1. The lowest BCUT2D eigenvalue weighted by atomic mass is 9.77. The average molecular weight is 1200 g/mol. The standard InChI is InChI=1S/C32H33N7O4.C17H16N6O3.C15H18ClNO/c1-20(22-8-5-4-6-9-22)18-32(3,19-33)15-14-28(41)34-23-10-7-11-24(16-23)35-30(42)29(21(2)40)39-38-25-12-13-26-27(17-25)37-31(43)36-26;1-9(24)15(16(25)19-11-4-2-3-10(18)7-11)23-22-12-5-6-13-14(8-12)21-17(26)20-13;1-12(13-6-4-3-5-7-13)10-15(2,11-17)9-8-14(16)18/h4-13,16-17,20,40H,14-15,18H2,1-3H3,(H,34,41)(H,35,42)(H2,36,37,43);2-8,24H,18H2,1H3,(H,19,25)(H2,20,21,26);3-7,12H,8-10H2,1-2H3. The Labute approximate surface area is 506 Å². The third-order valence-corrected chi connectivity index (χ3v) is 14.0. The van der Waals surface area contributed by atoms with E-state index < -0.39 is 22.6 Å². The highest BCUT2D eigenvalue weighted by molar-refractivity contribution is 6.63. The Hall–Kier alpha value is -10.7. The van der Waals surface area contributed by atoms with Gasteiger partial charge in [0.15, 0.2) is 11.4 Å². The number of hydrogen-bond acceptors (Lipinski definition) is 15. The fourth-order valence-electron chi connectivity index (χ4n) is 9.16. The molecule has 448 valence electrons. The van der Waals surface area contributed by atoms with Crippen LogP contribution in [-0.4, -0.2) is 53.1 Å². The molecule has 3 amide bonds. The second kappa shape index (κ2) is 30.7. The Morgan fingerprint density at radius 1 is 0.563 bits per heavy atom. The number of carbonyl (C=O) groups is 4. The molecule has 23 heteroatoms. The number of aliphatic hydroxyl groups is 2. The number of azo groups is 2. The third kappa shape index (κ3) is 20.3. The number of hydrogen-bond donors (Lipinski definition) is 10. The number of nitrogens with one attached hydrogen (secondary N) is 7. The van der Waals surface area contributed by atoms with Crippen LogP contribution in [0.1, 0.15) is 103 Å². The van der Waals surface area contributed by atoms with E-state index in [4.69, 9.17) is 17.3 Å². The number of benzene rings is 6. The summed E-state index contributed by atoms with van der Waals surface area (Å²) in [5.41, 5.74) is 10.5. The molecule has 4 atom stereocenters. The highest BCUT2D eigenvalue weighted by atomic mass is 35.5. The number of carbonyl (C=O) groups excluding carboxylic acids is 4. The Balaban J connectivity index is 0.000000232. The molecule has 2 aromatic heterocycles. The summed E-state index contributed by atoms with van der Waals surface area (Å²) in [5.74, 6) is -1.75. The van der Waals surface area contributed by atoms with Gasteiger partial charge in [-0.25, -0.2) is 9.59 Å². The molecule has 4 unspecified atom stereocenters. The summed E-state index contributed by atoms with van der Waals surface area (Å²) in [6, 6.07) is 47.7. The van der Waals surface area contributed by atoms with E-state index in [9.17, 15) is 49.5 Å². The molecule has 11 N–H and O–H groups in total. The highest BCUT2D eigenvalue weighted by Gasteiger charge is 2.29. The van der Waals surface area contributed by atoms with E-state index in [0.717, 1.165) is 12.0 Å². The van der Waals surface area contributed by atoms with Gasteiger partial charge in [-0.2, -0.15) is 20.8 Å². The SMILES string of the molecule is CC(CC(C)(C#N)CCC(=O)Cl)c1ccccc1.CC(O)=C(N=Nc1ccc2[nH]c(=O)[nH]c2c1)C(=O)Nc1cccc(N)c1.CC(O)=C(N=Nc1ccc2[nH]c(=O)[nH]c2c1)C(=O)Nc1cccc(NC(=O)CCC(C)(C#N)CC(C)c2ccccc2)c1. The number of rotatable bonds is 21. The lowest BCUT2D eigenvalue weighted by molar-refractivity contribution is -0.117. The van der Waals surface area contributed by atoms with Gasteiger partial charge in [0.1, 0.15) is 11.5 Å². The average Bonchev–Trinajstić information content (AvgIpc) is 3.19. The third-order valence-electron chi connectivity index (χ3n) is 13.8. The molecule has 87 heavy (non-hydrogen) atoms. The number of anilines is 4. The van der Waals surface area contributed by atoms with Crippen molar-refractivity contribution in [2.75, 3.05) is 21.7 Å². The number of aliphatic hydroxyl groups excluding tert-OH is 2. The fraction of sp³-hybridized carbons (Fsp3) is 0.250. The minimum absolute atomic E-state index is 0.154. The highest BCUT2D eigenvalue weighted by Crippen LogP contribution is 2.37. The van der Waals surface area contributed by atoms with Crippen molar-refractivity contribution in [3.8, 4) is 12.1 Å². The van der Waals surface area contributed by atoms with Crippen molar-refractivity contribution in [2.45, 2.75) is 91.9 Å². The topological polar surface area (TPSA) is 365 Å². The predicted octanol–water partition coefficient (Wildman–Crippen LogP) is 14.0. The first-order valence-corrected chi connectivity index (χ1v) is 27.9. The number of amides is 3. The van der Waals surface area contributed by atoms with Gasteiger partial charge in [0.05, 0.1) is 56.4 Å². The molecule has 8 aromatic rings. The van der Waals surface area contributed by atoms with Gasteiger partial charge >= 0.3 is 11.4 Å².